The van der Waals surface area contributed by atoms with Gasteiger partial charge in [-0.2, -0.15) is 4.68 Å². The normalized spacial score (nSPS) is 16.6. The summed E-state index contributed by atoms with van der Waals surface area (Å²) in [6.07, 6.45) is -0.0415. The van der Waals surface area contributed by atoms with Gasteiger partial charge in [0.15, 0.2) is 0 Å². The summed E-state index contributed by atoms with van der Waals surface area (Å²) in [6.45, 7) is 5.55. The van der Waals surface area contributed by atoms with Crippen LogP contribution in [0.2, 0.25) is 0 Å². The van der Waals surface area contributed by atoms with Crippen molar-refractivity contribution in [3.8, 4) is 5.95 Å². The van der Waals surface area contributed by atoms with E-state index in [9.17, 15) is 14.4 Å². The zero-order valence-corrected chi connectivity index (χ0v) is 17.4. The summed E-state index contributed by atoms with van der Waals surface area (Å²) in [7, 11) is 0. The number of fused-ring (bicyclic) bond motifs is 1. The minimum Gasteiger partial charge on any atom is -0.322 e. The van der Waals surface area contributed by atoms with Crippen LogP contribution in [0.5, 0.6) is 0 Å². The van der Waals surface area contributed by atoms with Crippen LogP contribution < -0.4 is 10.5 Å². The van der Waals surface area contributed by atoms with E-state index < -0.39 is 5.92 Å². The van der Waals surface area contributed by atoms with E-state index in [-0.39, 0.29) is 23.8 Å². The van der Waals surface area contributed by atoms with Crippen molar-refractivity contribution in [2.24, 2.45) is 0 Å². The van der Waals surface area contributed by atoms with Gasteiger partial charge in [-0.25, -0.2) is 9.88 Å². The predicted molar refractivity (Wildman–Crippen MR) is 117 cm³/mol. The highest BCUT2D eigenvalue weighted by Crippen LogP contribution is 2.34. The minimum absolute atomic E-state index is 0.0415. The van der Waals surface area contributed by atoms with Crippen molar-refractivity contribution in [1.29, 1.82) is 0 Å². The Balaban J connectivity index is 1.56. The van der Waals surface area contributed by atoms with Crippen molar-refractivity contribution < 1.29 is 9.59 Å². The number of para-hydroxylation sites is 2. The number of benzene rings is 2. The number of nitrogens with zero attached hydrogens (tertiary/aromatic N) is 3. The lowest BCUT2D eigenvalue weighted by Gasteiger charge is -2.17. The van der Waals surface area contributed by atoms with Gasteiger partial charge in [0, 0.05) is 12.1 Å². The number of aryl methyl sites for hydroxylation is 3. The van der Waals surface area contributed by atoms with Crippen molar-refractivity contribution in [3.63, 3.8) is 0 Å². The number of rotatable bonds is 3. The molecule has 2 amide bonds. The summed E-state index contributed by atoms with van der Waals surface area (Å²) in [4.78, 5) is 48.1. The largest absolute Gasteiger partial charge is 0.322 e. The van der Waals surface area contributed by atoms with E-state index in [2.05, 4.69) is 15.1 Å². The summed E-state index contributed by atoms with van der Waals surface area (Å²) < 4.78 is 1.29. The lowest BCUT2D eigenvalue weighted by Crippen LogP contribution is -2.31. The van der Waals surface area contributed by atoms with Gasteiger partial charge >= 0.3 is 0 Å². The van der Waals surface area contributed by atoms with Crippen LogP contribution >= 0.6 is 0 Å². The quantitative estimate of drug-likeness (QED) is 0.502. The number of amides is 2. The number of nitrogens with one attached hydrogen (secondary N) is 2. The molecule has 2 N–H and O–H groups in total. The molecule has 0 bridgehead atoms. The molecular weight excluding hydrogens is 394 g/mol. The first kappa shape index (κ1) is 19.0. The van der Waals surface area contributed by atoms with E-state index in [0.717, 1.165) is 22.2 Å². The molecule has 2 aromatic carbocycles. The third-order valence-electron chi connectivity index (χ3n) is 5.79. The maximum absolute atomic E-state index is 13.3. The molecule has 1 fully saturated rings. The number of imidazole rings is 1. The van der Waals surface area contributed by atoms with Gasteiger partial charge in [-0.3, -0.25) is 19.5 Å². The van der Waals surface area contributed by atoms with E-state index in [1.807, 2.05) is 50.2 Å². The predicted octanol–water partition coefficient (Wildman–Crippen LogP) is 3.01. The van der Waals surface area contributed by atoms with E-state index in [0.29, 0.717) is 22.9 Å². The topological polar surface area (TPSA) is 104 Å². The maximum atomic E-state index is 13.3. The second kappa shape index (κ2) is 6.80. The number of aromatic amines is 2. The van der Waals surface area contributed by atoms with Crippen LogP contribution in [0.25, 0.3) is 17.0 Å². The first-order valence-electron chi connectivity index (χ1n) is 10.1. The Kier molecular flexibility index (Phi) is 4.18. The summed E-state index contributed by atoms with van der Waals surface area (Å²) in [5, 5.41) is 3.00. The third kappa shape index (κ3) is 2.91. The minimum atomic E-state index is -0.831. The number of imide groups is 1. The van der Waals surface area contributed by atoms with Gasteiger partial charge in [0.1, 0.15) is 0 Å². The molecule has 0 saturated carbocycles. The number of carbonyl (C=O) groups excluding carboxylic acids is 2. The van der Waals surface area contributed by atoms with Crippen LogP contribution in [0.3, 0.4) is 0 Å². The third-order valence-corrected chi connectivity index (χ3v) is 5.79. The summed E-state index contributed by atoms with van der Waals surface area (Å²) in [5.41, 5.74) is 4.43. The molecule has 31 heavy (non-hydrogen) atoms. The molecule has 0 radical (unpaired) electrons. The SMILES string of the molecule is Cc1ccc(N2C(=O)CC(c3c(C)[nH]n(-c4nc5ccccc5[nH]4)c3=O)C2=O)c(C)c1. The van der Waals surface area contributed by atoms with Crippen molar-refractivity contribution in [1.82, 2.24) is 19.7 Å². The van der Waals surface area contributed by atoms with Gasteiger partial charge in [0.2, 0.25) is 17.8 Å². The summed E-state index contributed by atoms with van der Waals surface area (Å²) >= 11 is 0. The van der Waals surface area contributed by atoms with Crippen molar-refractivity contribution in [2.75, 3.05) is 4.90 Å². The van der Waals surface area contributed by atoms with Gasteiger partial charge in [0.25, 0.3) is 5.56 Å². The van der Waals surface area contributed by atoms with Crippen LogP contribution in [0.1, 0.15) is 34.7 Å². The fourth-order valence-electron chi connectivity index (χ4n) is 4.33. The zero-order chi connectivity index (χ0) is 21.9. The van der Waals surface area contributed by atoms with E-state index in [1.54, 1.807) is 13.0 Å². The number of H-pyrrole nitrogens is 2. The molecule has 0 spiro atoms. The van der Waals surface area contributed by atoms with Crippen LogP contribution in [0, 0.1) is 20.8 Å². The lowest BCUT2D eigenvalue weighted by atomic mass is 9.98. The molecule has 5 rings (SSSR count). The second-order valence-corrected chi connectivity index (χ2v) is 7.98. The van der Waals surface area contributed by atoms with Crippen LogP contribution in [0.15, 0.2) is 47.3 Å². The van der Waals surface area contributed by atoms with Gasteiger partial charge < -0.3 is 4.98 Å². The van der Waals surface area contributed by atoms with Crippen LogP contribution in [-0.2, 0) is 9.59 Å². The summed E-state index contributed by atoms with van der Waals surface area (Å²) in [6, 6.07) is 13.0. The summed E-state index contributed by atoms with van der Waals surface area (Å²) in [5.74, 6) is -1.18. The molecule has 156 valence electrons. The van der Waals surface area contributed by atoms with Crippen molar-refractivity contribution in [2.45, 2.75) is 33.1 Å². The number of hydrogen-bond donors (Lipinski definition) is 2. The zero-order valence-electron chi connectivity index (χ0n) is 17.4. The first-order valence-corrected chi connectivity index (χ1v) is 10.1. The van der Waals surface area contributed by atoms with Gasteiger partial charge in [-0.05, 0) is 44.5 Å². The van der Waals surface area contributed by atoms with Gasteiger partial charge in [0.05, 0.1) is 28.2 Å². The monoisotopic (exact) mass is 415 g/mol. The Labute approximate surface area is 177 Å². The molecule has 8 nitrogen and oxygen atoms in total. The standard InChI is InChI=1S/C23H21N5O3/c1-12-8-9-18(13(2)10-12)27-19(29)11-15(21(27)30)20-14(3)26-28(22(20)31)23-24-16-6-4-5-7-17(16)25-23/h4-10,15,26H,11H2,1-3H3,(H,24,25). The van der Waals surface area contributed by atoms with Crippen molar-refractivity contribution in [3.05, 3.63) is 75.2 Å². The molecule has 3 heterocycles. The molecule has 1 saturated heterocycles. The number of carbonyl (C=O) groups is 2. The van der Waals surface area contributed by atoms with Gasteiger partial charge in [-0.1, -0.05) is 29.8 Å². The molecule has 1 aliphatic rings. The molecule has 1 atom stereocenters. The highest BCUT2D eigenvalue weighted by atomic mass is 16.2. The molecule has 0 aliphatic carbocycles. The molecule has 4 aromatic rings. The highest BCUT2D eigenvalue weighted by molar-refractivity contribution is 6.23. The molecule has 1 aliphatic heterocycles. The fraction of sp³-hybridized carbons (Fsp3) is 0.217. The molecule has 2 aromatic heterocycles. The van der Waals surface area contributed by atoms with Crippen LogP contribution in [0.4, 0.5) is 5.69 Å². The van der Waals surface area contributed by atoms with E-state index in [1.165, 1.54) is 9.58 Å². The second-order valence-electron chi connectivity index (χ2n) is 7.98. The van der Waals surface area contributed by atoms with E-state index >= 15 is 0 Å². The lowest BCUT2D eigenvalue weighted by molar-refractivity contribution is -0.121. The Hall–Kier alpha value is -3.94. The number of anilines is 1. The first-order chi connectivity index (χ1) is 14.8. The maximum Gasteiger partial charge on any atom is 0.278 e. The van der Waals surface area contributed by atoms with Gasteiger partial charge in [-0.15, -0.1) is 0 Å². The smallest absolute Gasteiger partial charge is 0.278 e. The molecule has 1 unspecified atom stereocenters. The Morgan fingerprint density at radius 2 is 1.81 bits per heavy atom. The Morgan fingerprint density at radius 1 is 1.03 bits per heavy atom. The average Bonchev–Trinajstić information content (AvgIpc) is 3.36. The Morgan fingerprint density at radius 3 is 2.55 bits per heavy atom. The van der Waals surface area contributed by atoms with Crippen molar-refractivity contribution >= 4 is 28.5 Å². The number of aromatic nitrogens is 4. The highest BCUT2D eigenvalue weighted by Gasteiger charge is 2.43. The Bertz CT molecular complexity index is 1390. The molecular formula is C23H21N5O3. The fourth-order valence-corrected chi connectivity index (χ4v) is 4.33. The molecule has 8 heteroatoms. The van der Waals surface area contributed by atoms with Crippen LogP contribution in [-0.4, -0.2) is 31.6 Å². The number of hydrogen-bond acceptors (Lipinski definition) is 4. The average molecular weight is 415 g/mol. The van der Waals surface area contributed by atoms with E-state index in [4.69, 9.17) is 0 Å².